The molecule has 0 heterocycles. The number of amides is 2. The van der Waals surface area contributed by atoms with Crippen molar-refractivity contribution >= 4 is 12.0 Å². The Labute approximate surface area is 126 Å². The van der Waals surface area contributed by atoms with Gasteiger partial charge in [-0.15, -0.1) is 0 Å². The molecule has 21 heavy (non-hydrogen) atoms. The fourth-order valence-corrected chi connectivity index (χ4v) is 2.39. The SMILES string of the molecule is CN(CCC(=O)O)C(=O)NCCC1CC(OC(C)(C)C)C1. The molecule has 1 fully saturated rings. The zero-order valence-corrected chi connectivity index (χ0v) is 13.5. The van der Waals surface area contributed by atoms with Gasteiger partial charge in [-0.05, 0) is 46.0 Å². The van der Waals surface area contributed by atoms with E-state index in [1.165, 1.54) is 4.90 Å². The molecule has 0 unspecified atom stereocenters. The summed E-state index contributed by atoms with van der Waals surface area (Å²) in [5, 5.41) is 11.4. The average Bonchev–Trinajstić information content (AvgIpc) is 2.30. The largest absolute Gasteiger partial charge is 0.481 e. The second-order valence-electron chi connectivity index (χ2n) is 6.78. The third-order valence-electron chi connectivity index (χ3n) is 3.55. The summed E-state index contributed by atoms with van der Waals surface area (Å²) in [7, 11) is 1.61. The summed E-state index contributed by atoms with van der Waals surface area (Å²) in [6, 6.07) is -0.210. The van der Waals surface area contributed by atoms with E-state index in [2.05, 4.69) is 26.1 Å². The third kappa shape index (κ3) is 7.32. The van der Waals surface area contributed by atoms with E-state index in [0.717, 1.165) is 19.3 Å². The molecule has 1 aliphatic rings. The quantitative estimate of drug-likeness (QED) is 0.754. The van der Waals surface area contributed by atoms with Gasteiger partial charge in [0.2, 0.25) is 0 Å². The maximum atomic E-state index is 11.7. The second-order valence-corrected chi connectivity index (χ2v) is 6.78. The highest BCUT2D eigenvalue weighted by atomic mass is 16.5. The highest BCUT2D eigenvalue weighted by molar-refractivity contribution is 5.74. The molecule has 1 saturated carbocycles. The molecule has 0 aromatic heterocycles. The maximum Gasteiger partial charge on any atom is 0.317 e. The lowest BCUT2D eigenvalue weighted by atomic mass is 9.79. The van der Waals surface area contributed by atoms with Gasteiger partial charge in [-0.1, -0.05) is 0 Å². The minimum Gasteiger partial charge on any atom is -0.481 e. The predicted octanol–water partition coefficient (Wildman–Crippen LogP) is 2.09. The Morgan fingerprint density at radius 1 is 1.33 bits per heavy atom. The predicted molar refractivity (Wildman–Crippen MR) is 80.2 cm³/mol. The summed E-state index contributed by atoms with van der Waals surface area (Å²) in [5.41, 5.74) is -0.0866. The van der Waals surface area contributed by atoms with Crippen LogP contribution in [0.2, 0.25) is 0 Å². The van der Waals surface area contributed by atoms with Gasteiger partial charge in [-0.3, -0.25) is 4.79 Å². The van der Waals surface area contributed by atoms with Crippen LogP contribution in [-0.4, -0.2) is 53.8 Å². The molecule has 0 aliphatic heterocycles. The van der Waals surface area contributed by atoms with Gasteiger partial charge in [0.1, 0.15) is 0 Å². The summed E-state index contributed by atoms with van der Waals surface area (Å²) >= 11 is 0. The molecule has 6 nitrogen and oxygen atoms in total. The number of urea groups is 1. The third-order valence-corrected chi connectivity index (χ3v) is 3.55. The summed E-state index contributed by atoms with van der Waals surface area (Å²) in [6.45, 7) is 7.05. The fraction of sp³-hybridized carbons (Fsp3) is 0.867. The standard InChI is InChI=1S/C15H28N2O4/c1-15(2,3)21-12-9-11(10-12)5-7-16-14(20)17(4)8-6-13(18)19/h11-12H,5-10H2,1-4H3,(H,16,20)(H,18,19). The Morgan fingerprint density at radius 3 is 2.48 bits per heavy atom. The van der Waals surface area contributed by atoms with Crippen molar-refractivity contribution in [2.75, 3.05) is 20.1 Å². The van der Waals surface area contributed by atoms with E-state index in [1.807, 2.05) is 0 Å². The van der Waals surface area contributed by atoms with Crippen LogP contribution in [0.3, 0.4) is 0 Å². The number of nitrogens with zero attached hydrogens (tertiary/aromatic N) is 1. The Hall–Kier alpha value is -1.30. The lowest BCUT2D eigenvalue weighted by molar-refractivity contribution is -0.137. The van der Waals surface area contributed by atoms with E-state index in [0.29, 0.717) is 18.6 Å². The summed E-state index contributed by atoms with van der Waals surface area (Å²) in [5.74, 6) is -0.281. The van der Waals surface area contributed by atoms with Gasteiger partial charge in [0.15, 0.2) is 0 Å². The molecule has 1 aliphatic carbocycles. The first-order valence-corrected chi connectivity index (χ1v) is 7.56. The first-order chi connectivity index (χ1) is 9.67. The van der Waals surface area contributed by atoms with Crippen LogP contribution in [0.5, 0.6) is 0 Å². The average molecular weight is 300 g/mol. The molecule has 0 bridgehead atoms. The molecule has 0 spiro atoms. The van der Waals surface area contributed by atoms with Crippen molar-refractivity contribution in [2.24, 2.45) is 5.92 Å². The number of rotatable bonds is 7. The number of carboxylic acids is 1. The van der Waals surface area contributed by atoms with E-state index in [-0.39, 0.29) is 24.6 Å². The summed E-state index contributed by atoms with van der Waals surface area (Å²) < 4.78 is 5.87. The molecule has 0 saturated heterocycles. The highest BCUT2D eigenvalue weighted by Crippen LogP contribution is 2.34. The number of carbonyl (C=O) groups is 2. The van der Waals surface area contributed by atoms with Crippen molar-refractivity contribution in [2.45, 2.75) is 58.2 Å². The Balaban J connectivity index is 2.07. The zero-order chi connectivity index (χ0) is 16.0. The number of carboxylic acid groups (broad SMARTS) is 1. The van der Waals surface area contributed by atoms with Crippen LogP contribution in [0.25, 0.3) is 0 Å². The van der Waals surface area contributed by atoms with E-state index in [1.54, 1.807) is 7.05 Å². The summed E-state index contributed by atoms with van der Waals surface area (Å²) in [4.78, 5) is 23.5. The second kappa shape index (κ2) is 7.64. The first-order valence-electron chi connectivity index (χ1n) is 7.56. The van der Waals surface area contributed by atoms with E-state index in [4.69, 9.17) is 9.84 Å². The fourth-order valence-electron chi connectivity index (χ4n) is 2.39. The number of ether oxygens (including phenoxy) is 1. The van der Waals surface area contributed by atoms with Gasteiger partial charge < -0.3 is 20.1 Å². The molecule has 0 aromatic carbocycles. The van der Waals surface area contributed by atoms with Gasteiger partial charge in [0.05, 0.1) is 18.1 Å². The molecule has 2 N–H and O–H groups in total. The Morgan fingerprint density at radius 2 is 1.95 bits per heavy atom. The van der Waals surface area contributed by atoms with Crippen LogP contribution >= 0.6 is 0 Å². The number of carbonyl (C=O) groups excluding carboxylic acids is 1. The van der Waals surface area contributed by atoms with Crippen LogP contribution in [0.1, 0.15) is 46.5 Å². The van der Waals surface area contributed by atoms with Crippen molar-refractivity contribution in [1.82, 2.24) is 10.2 Å². The Kier molecular flexibility index (Phi) is 6.45. The van der Waals surface area contributed by atoms with Crippen LogP contribution in [0.4, 0.5) is 4.79 Å². The lowest BCUT2D eigenvalue weighted by Crippen LogP contribution is -2.41. The number of aliphatic carboxylic acids is 1. The van der Waals surface area contributed by atoms with E-state index >= 15 is 0 Å². The first kappa shape index (κ1) is 17.8. The Bertz CT molecular complexity index is 359. The zero-order valence-electron chi connectivity index (χ0n) is 13.5. The smallest absolute Gasteiger partial charge is 0.317 e. The number of hydrogen-bond donors (Lipinski definition) is 2. The molecule has 0 atom stereocenters. The molecule has 122 valence electrons. The highest BCUT2D eigenvalue weighted by Gasteiger charge is 2.32. The number of nitrogens with one attached hydrogen (secondary N) is 1. The van der Waals surface area contributed by atoms with Crippen LogP contribution in [-0.2, 0) is 9.53 Å². The van der Waals surface area contributed by atoms with Crippen molar-refractivity contribution in [3.8, 4) is 0 Å². The molecular formula is C15H28N2O4. The van der Waals surface area contributed by atoms with E-state index in [9.17, 15) is 9.59 Å². The molecular weight excluding hydrogens is 272 g/mol. The van der Waals surface area contributed by atoms with Crippen LogP contribution in [0, 0.1) is 5.92 Å². The van der Waals surface area contributed by atoms with Crippen molar-refractivity contribution < 1.29 is 19.4 Å². The van der Waals surface area contributed by atoms with Gasteiger partial charge in [0.25, 0.3) is 0 Å². The van der Waals surface area contributed by atoms with Crippen molar-refractivity contribution in [1.29, 1.82) is 0 Å². The minimum atomic E-state index is -0.894. The van der Waals surface area contributed by atoms with E-state index < -0.39 is 5.97 Å². The van der Waals surface area contributed by atoms with Gasteiger partial charge in [0, 0.05) is 20.1 Å². The molecule has 1 rings (SSSR count). The maximum absolute atomic E-state index is 11.7. The van der Waals surface area contributed by atoms with Crippen LogP contribution < -0.4 is 5.32 Å². The minimum absolute atomic E-state index is 0.0294. The monoisotopic (exact) mass is 300 g/mol. The van der Waals surface area contributed by atoms with Crippen molar-refractivity contribution in [3.63, 3.8) is 0 Å². The van der Waals surface area contributed by atoms with Gasteiger partial charge >= 0.3 is 12.0 Å². The molecule has 0 aromatic rings. The summed E-state index contributed by atoms with van der Waals surface area (Å²) in [6.07, 6.45) is 3.38. The van der Waals surface area contributed by atoms with Gasteiger partial charge in [-0.2, -0.15) is 0 Å². The van der Waals surface area contributed by atoms with Gasteiger partial charge in [-0.25, -0.2) is 4.79 Å². The van der Waals surface area contributed by atoms with Crippen molar-refractivity contribution in [3.05, 3.63) is 0 Å². The number of hydrogen-bond acceptors (Lipinski definition) is 3. The molecule has 0 radical (unpaired) electrons. The topological polar surface area (TPSA) is 78.9 Å². The van der Waals surface area contributed by atoms with Crippen LogP contribution in [0.15, 0.2) is 0 Å². The molecule has 6 heteroatoms. The molecule has 2 amide bonds. The normalized spacial score (nSPS) is 21.5. The lowest BCUT2D eigenvalue weighted by Gasteiger charge is -2.39.